The van der Waals surface area contributed by atoms with Gasteiger partial charge in [0.15, 0.2) is 0 Å². The highest BCUT2D eigenvalue weighted by molar-refractivity contribution is 6.33. The fourth-order valence-electron chi connectivity index (χ4n) is 1.92. The Balaban J connectivity index is 2.11. The lowest BCUT2D eigenvalue weighted by atomic mass is 10.2. The summed E-state index contributed by atoms with van der Waals surface area (Å²) in [4.78, 5) is 0. The molecule has 1 heterocycles. The van der Waals surface area contributed by atoms with Crippen molar-refractivity contribution >= 4 is 17.3 Å². The molecule has 0 unspecified atom stereocenters. The molecule has 0 amide bonds. The zero-order chi connectivity index (χ0) is 13.8. The summed E-state index contributed by atoms with van der Waals surface area (Å²) in [6.07, 6.45) is 0.914. The van der Waals surface area contributed by atoms with Gasteiger partial charge in [-0.1, -0.05) is 18.5 Å². The first-order valence-corrected chi connectivity index (χ1v) is 6.76. The number of hydrogen-bond donors (Lipinski definition) is 1. The molecule has 2 rings (SSSR count). The lowest BCUT2D eigenvalue weighted by Gasteiger charge is -2.09. The van der Waals surface area contributed by atoms with Crippen molar-refractivity contribution in [2.45, 2.75) is 33.4 Å². The summed E-state index contributed by atoms with van der Waals surface area (Å²) in [6, 6.07) is 6.42. The van der Waals surface area contributed by atoms with Gasteiger partial charge in [-0.05, 0) is 37.6 Å². The summed E-state index contributed by atoms with van der Waals surface area (Å²) in [7, 11) is 0. The van der Waals surface area contributed by atoms with Gasteiger partial charge in [0.25, 0.3) is 0 Å². The SMILES string of the molecule is CCc1cc(CNc2ccc(F)cc2Cl)n(CC)n1. The molecular formula is C14H17ClFN3. The average Bonchev–Trinajstić information content (AvgIpc) is 2.80. The van der Waals surface area contributed by atoms with Crippen LogP contribution in [-0.4, -0.2) is 9.78 Å². The molecule has 19 heavy (non-hydrogen) atoms. The van der Waals surface area contributed by atoms with Crippen molar-refractivity contribution < 1.29 is 4.39 Å². The monoisotopic (exact) mass is 281 g/mol. The number of rotatable bonds is 5. The van der Waals surface area contributed by atoms with Gasteiger partial charge in [0, 0.05) is 6.54 Å². The van der Waals surface area contributed by atoms with E-state index in [0.29, 0.717) is 11.6 Å². The minimum absolute atomic E-state index is 0.331. The van der Waals surface area contributed by atoms with E-state index < -0.39 is 0 Å². The fourth-order valence-corrected chi connectivity index (χ4v) is 2.16. The van der Waals surface area contributed by atoms with E-state index in [4.69, 9.17) is 11.6 Å². The number of anilines is 1. The van der Waals surface area contributed by atoms with E-state index in [1.165, 1.54) is 12.1 Å². The molecule has 1 aromatic carbocycles. The van der Waals surface area contributed by atoms with Crippen LogP contribution in [0.25, 0.3) is 0 Å². The molecule has 0 atom stereocenters. The zero-order valence-corrected chi connectivity index (χ0v) is 11.8. The van der Waals surface area contributed by atoms with Crippen LogP contribution in [0.2, 0.25) is 5.02 Å². The molecule has 0 fully saturated rings. The first kappa shape index (κ1) is 13.9. The second-order valence-electron chi connectivity index (χ2n) is 4.27. The lowest BCUT2D eigenvalue weighted by molar-refractivity contribution is 0.619. The minimum atomic E-state index is -0.331. The molecule has 2 aromatic rings. The maximum Gasteiger partial charge on any atom is 0.124 e. The van der Waals surface area contributed by atoms with Crippen LogP contribution in [0.3, 0.4) is 0 Å². The van der Waals surface area contributed by atoms with Gasteiger partial charge in [-0.25, -0.2) is 4.39 Å². The number of hydrogen-bond acceptors (Lipinski definition) is 2. The molecule has 1 N–H and O–H groups in total. The highest BCUT2D eigenvalue weighted by atomic mass is 35.5. The number of nitrogens with one attached hydrogen (secondary N) is 1. The molecule has 0 bridgehead atoms. The number of halogens is 2. The Kier molecular flexibility index (Phi) is 4.43. The number of nitrogens with zero attached hydrogens (tertiary/aromatic N) is 2. The Morgan fingerprint density at radius 1 is 1.32 bits per heavy atom. The molecule has 0 aliphatic carbocycles. The molecule has 0 aliphatic heterocycles. The second kappa shape index (κ2) is 6.06. The average molecular weight is 282 g/mol. The van der Waals surface area contributed by atoms with Gasteiger partial charge < -0.3 is 5.32 Å². The van der Waals surface area contributed by atoms with E-state index >= 15 is 0 Å². The van der Waals surface area contributed by atoms with E-state index in [2.05, 4.69) is 30.3 Å². The molecule has 0 radical (unpaired) electrons. The molecule has 3 nitrogen and oxygen atoms in total. The standard InChI is InChI=1S/C14H17ClFN3/c1-3-11-8-12(19(4-2)18-11)9-17-14-6-5-10(16)7-13(14)15/h5-8,17H,3-4,9H2,1-2H3. The van der Waals surface area contributed by atoms with E-state index in [9.17, 15) is 4.39 Å². The maximum absolute atomic E-state index is 13.0. The van der Waals surface area contributed by atoms with Gasteiger partial charge in [0.05, 0.1) is 28.6 Å². The van der Waals surface area contributed by atoms with Crippen molar-refractivity contribution in [3.63, 3.8) is 0 Å². The summed E-state index contributed by atoms with van der Waals surface area (Å²) in [5.74, 6) is -0.331. The number of aryl methyl sites for hydroxylation is 2. The maximum atomic E-state index is 13.0. The third kappa shape index (κ3) is 3.26. The lowest BCUT2D eigenvalue weighted by Crippen LogP contribution is -2.08. The third-order valence-electron chi connectivity index (χ3n) is 2.97. The largest absolute Gasteiger partial charge is 0.378 e. The smallest absolute Gasteiger partial charge is 0.124 e. The Labute approximate surface area is 117 Å². The van der Waals surface area contributed by atoms with Crippen molar-refractivity contribution in [3.8, 4) is 0 Å². The van der Waals surface area contributed by atoms with E-state index in [0.717, 1.165) is 30.0 Å². The molecule has 0 aliphatic rings. The van der Waals surface area contributed by atoms with Crippen LogP contribution in [-0.2, 0) is 19.5 Å². The zero-order valence-electron chi connectivity index (χ0n) is 11.1. The Morgan fingerprint density at radius 2 is 2.11 bits per heavy atom. The van der Waals surface area contributed by atoms with Crippen molar-refractivity contribution in [2.24, 2.45) is 0 Å². The number of aromatic nitrogens is 2. The second-order valence-corrected chi connectivity index (χ2v) is 4.68. The first-order valence-electron chi connectivity index (χ1n) is 6.38. The van der Waals surface area contributed by atoms with Crippen LogP contribution in [0, 0.1) is 5.82 Å². The van der Waals surface area contributed by atoms with Gasteiger partial charge in [-0.2, -0.15) is 5.10 Å². The first-order chi connectivity index (χ1) is 9.13. The molecule has 1 aromatic heterocycles. The summed E-state index contributed by atoms with van der Waals surface area (Å²) in [5.41, 5.74) is 2.90. The van der Waals surface area contributed by atoms with Crippen LogP contribution in [0.15, 0.2) is 24.3 Å². The quantitative estimate of drug-likeness (QED) is 0.902. The van der Waals surface area contributed by atoms with Crippen LogP contribution < -0.4 is 5.32 Å². The summed E-state index contributed by atoms with van der Waals surface area (Å²) >= 11 is 5.98. The summed E-state index contributed by atoms with van der Waals surface area (Å²) < 4.78 is 14.9. The van der Waals surface area contributed by atoms with Gasteiger partial charge in [0.1, 0.15) is 5.82 Å². The van der Waals surface area contributed by atoms with Gasteiger partial charge in [-0.3, -0.25) is 4.68 Å². The fraction of sp³-hybridized carbons (Fsp3) is 0.357. The van der Waals surface area contributed by atoms with Crippen molar-refractivity contribution in [1.29, 1.82) is 0 Å². The van der Waals surface area contributed by atoms with Crippen molar-refractivity contribution in [1.82, 2.24) is 9.78 Å². The van der Waals surface area contributed by atoms with Gasteiger partial charge in [0.2, 0.25) is 0 Å². The Morgan fingerprint density at radius 3 is 2.74 bits per heavy atom. The van der Waals surface area contributed by atoms with Crippen LogP contribution in [0.1, 0.15) is 25.2 Å². The van der Waals surface area contributed by atoms with Crippen LogP contribution in [0.4, 0.5) is 10.1 Å². The van der Waals surface area contributed by atoms with Crippen molar-refractivity contribution in [2.75, 3.05) is 5.32 Å². The van der Waals surface area contributed by atoms with Crippen LogP contribution in [0.5, 0.6) is 0 Å². The molecule has 0 saturated heterocycles. The molecule has 102 valence electrons. The topological polar surface area (TPSA) is 29.9 Å². The van der Waals surface area contributed by atoms with Gasteiger partial charge in [-0.15, -0.1) is 0 Å². The Hall–Kier alpha value is -1.55. The van der Waals surface area contributed by atoms with Crippen LogP contribution >= 0.6 is 11.6 Å². The predicted octanol–water partition coefficient (Wildman–Crippen LogP) is 3.87. The Bertz CT molecular complexity index is 566. The molecule has 5 heteroatoms. The molecule has 0 saturated carbocycles. The highest BCUT2D eigenvalue weighted by Crippen LogP contribution is 2.23. The van der Waals surface area contributed by atoms with Crippen molar-refractivity contribution in [3.05, 3.63) is 46.5 Å². The van der Waals surface area contributed by atoms with E-state index in [-0.39, 0.29) is 5.82 Å². The normalized spacial score (nSPS) is 10.7. The van der Waals surface area contributed by atoms with E-state index in [1.807, 2.05) is 4.68 Å². The minimum Gasteiger partial charge on any atom is -0.378 e. The summed E-state index contributed by atoms with van der Waals surface area (Å²) in [6.45, 7) is 5.58. The highest BCUT2D eigenvalue weighted by Gasteiger charge is 2.07. The van der Waals surface area contributed by atoms with Gasteiger partial charge >= 0.3 is 0 Å². The third-order valence-corrected chi connectivity index (χ3v) is 3.28. The predicted molar refractivity (Wildman–Crippen MR) is 76.0 cm³/mol. The summed E-state index contributed by atoms with van der Waals surface area (Å²) in [5, 5.41) is 8.08. The number of benzene rings is 1. The molecular weight excluding hydrogens is 265 g/mol. The molecule has 0 spiro atoms. The van der Waals surface area contributed by atoms with E-state index in [1.54, 1.807) is 6.07 Å².